The molecule has 0 saturated carbocycles. The van der Waals surface area contributed by atoms with Crippen LogP contribution in [0.25, 0.3) is 0 Å². The fraction of sp³-hybridized carbons (Fsp3) is 0.438. The van der Waals surface area contributed by atoms with Crippen LogP contribution in [-0.4, -0.2) is 60.6 Å². The van der Waals surface area contributed by atoms with Gasteiger partial charge in [0.05, 0.1) is 0 Å². The molecule has 0 aromatic heterocycles. The molecule has 1 amide bonds. The fourth-order valence-electron chi connectivity index (χ4n) is 2.26. The van der Waals surface area contributed by atoms with Gasteiger partial charge in [0, 0.05) is 37.3 Å². The van der Waals surface area contributed by atoms with Gasteiger partial charge >= 0.3 is 0 Å². The van der Waals surface area contributed by atoms with Gasteiger partial charge in [0.15, 0.2) is 0 Å². The van der Waals surface area contributed by atoms with Crippen molar-refractivity contribution in [3.8, 4) is 11.8 Å². The van der Waals surface area contributed by atoms with Crippen molar-refractivity contribution in [2.24, 2.45) is 0 Å². The molecule has 1 aliphatic rings. The van der Waals surface area contributed by atoms with Gasteiger partial charge in [0.1, 0.15) is 6.61 Å². The lowest BCUT2D eigenvalue weighted by Crippen LogP contribution is -2.47. The Bertz CT molecular complexity index is 549. The second-order valence-corrected chi connectivity index (χ2v) is 5.09. The molecular weight excluding hydrogens is 252 g/mol. The van der Waals surface area contributed by atoms with Gasteiger partial charge in [-0.25, -0.2) is 0 Å². The van der Waals surface area contributed by atoms with Crippen molar-refractivity contribution >= 4 is 5.91 Å². The average molecular weight is 272 g/mol. The number of carbonyl (C=O) groups is 1. The Labute approximate surface area is 120 Å². The smallest absolute Gasteiger partial charge is 0.253 e. The maximum absolute atomic E-state index is 12.4. The second-order valence-electron chi connectivity index (χ2n) is 5.09. The van der Waals surface area contributed by atoms with Gasteiger partial charge in [-0.15, -0.1) is 0 Å². The molecule has 0 bridgehead atoms. The number of aryl methyl sites for hydroxylation is 1. The molecule has 0 aliphatic carbocycles. The zero-order valence-electron chi connectivity index (χ0n) is 12.0. The molecular formula is C16H20N2O2. The minimum Gasteiger partial charge on any atom is -0.384 e. The highest BCUT2D eigenvalue weighted by molar-refractivity contribution is 5.94. The predicted molar refractivity (Wildman–Crippen MR) is 78.5 cm³/mol. The van der Waals surface area contributed by atoms with E-state index in [-0.39, 0.29) is 12.5 Å². The van der Waals surface area contributed by atoms with Gasteiger partial charge in [0.2, 0.25) is 0 Å². The third-order valence-electron chi connectivity index (χ3n) is 3.57. The Morgan fingerprint density at radius 3 is 2.60 bits per heavy atom. The molecule has 1 N–H and O–H groups in total. The minimum atomic E-state index is -0.151. The third kappa shape index (κ3) is 3.38. The molecule has 1 aliphatic heterocycles. The van der Waals surface area contributed by atoms with Crippen molar-refractivity contribution in [1.82, 2.24) is 9.80 Å². The Kier molecular flexibility index (Phi) is 4.78. The lowest BCUT2D eigenvalue weighted by Gasteiger charge is -2.32. The first kappa shape index (κ1) is 14.6. The van der Waals surface area contributed by atoms with Crippen LogP contribution < -0.4 is 0 Å². The van der Waals surface area contributed by atoms with Crippen molar-refractivity contribution < 1.29 is 9.90 Å². The van der Waals surface area contributed by atoms with Crippen LogP contribution in [0.2, 0.25) is 0 Å². The van der Waals surface area contributed by atoms with Gasteiger partial charge < -0.3 is 14.9 Å². The van der Waals surface area contributed by atoms with E-state index in [1.54, 1.807) is 0 Å². The summed E-state index contributed by atoms with van der Waals surface area (Å²) in [5.41, 5.74) is 2.53. The molecule has 106 valence electrons. The normalized spacial score (nSPS) is 15.7. The lowest BCUT2D eigenvalue weighted by atomic mass is 10.0. The first-order valence-corrected chi connectivity index (χ1v) is 6.80. The fourth-order valence-corrected chi connectivity index (χ4v) is 2.26. The SMILES string of the molecule is Cc1cc(C(=O)N2CCN(C)CC2)ccc1C#CCO. The summed E-state index contributed by atoms with van der Waals surface area (Å²) in [6.45, 7) is 5.18. The van der Waals surface area contributed by atoms with Crippen LogP contribution in [-0.2, 0) is 0 Å². The maximum atomic E-state index is 12.4. The van der Waals surface area contributed by atoms with E-state index in [1.165, 1.54) is 0 Å². The highest BCUT2D eigenvalue weighted by Gasteiger charge is 2.20. The van der Waals surface area contributed by atoms with Gasteiger partial charge in [-0.2, -0.15) is 0 Å². The number of amides is 1. The number of carbonyl (C=O) groups excluding carboxylic acids is 1. The molecule has 4 heteroatoms. The van der Waals surface area contributed by atoms with Crippen LogP contribution in [0.4, 0.5) is 0 Å². The van der Waals surface area contributed by atoms with Gasteiger partial charge in [-0.1, -0.05) is 11.8 Å². The van der Waals surface area contributed by atoms with Gasteiger partial charge in [0.25, 0.3) is 5.91 Å². The Morgan fingerprint density at radius 2 is 2.00 bits per heavy atom. The highest BCUT2D eigenvalue weighted by Crippen LogP contribution is 2.13. The van der Waals surface area contributed by atoms with Crippen molar-refractivity contribution in [3.63, 3.8) is 0 Å². The summed E-state index contributed by atoms with van der Waals surface area (Å²) in [5.74, 6) is 5.60. The van der Waals surface area contributed by atoms with Crippen molar-refractivity contribution in [2.45, 2.75) is 6.92 Å². The second kappa shape index (κ2) is 6.56. The summed E-state index contributed by atoms with van der Waals surface area (Å²) < 4.78 is 0. The third-order valence-corrected chi connectivity index (χ3v) is 3.57. The summed E-state index contributed by atoms with van der Waals surface area (Å²) >= 11 is 0. The van der Waals surface area contributed by atoms with Gasteiger partial charge in [-0.3, -0.25) is 4.79 Å². The standard InChI is InChI=1S/C16H20N2O2/c1-13-12-15(6-5-14(13)4-3-11-19)16(20)18-9-7-17(2)8-10-18/h5-6,12,19H,7-11H2,1-2H3. The van der Waals surface area contributed by atoms with E-state index in [0.29, 0.717) is 5.56 Å². The first-order chi connectivity index (χ1) is 9.61. The molecule has 1 heterocycles. The lowest BCUT2D eigenvalue weighted by molar-refractivity contribution is 0.0664. The summed E-state index contributed by atoms with van der Waals surface area (Å²) in [5, 5.41) is 8.71. The van der Waals surface area contributed by atoms with E-state index < -0.39 is 0 Å². The van der Waals surface area contributed by atoms with Crippen molar-refractivity contribution in [2.75, 3.05) is 39.8 Å². The van der Waals surface area contributed by atoms with E-state index in [0.717, 1.165) is 37.3 Å². The minimum absolute atomic E-state index is 0.0860. The molecule has 0 radical (unpaired) electrons. The first-order valence-electron chi connectivity index (χ1n) is 6.80. The monoisotopic (exact) mass is 272 g/mol. The molecule has 0 atom stereocenters. The summed E-state index contributed by atoms with van der Waals surface area (Å²) in [4.78, 5) is 16.5. The maximum Gasteiger partial charge on any atom is 0.253 e. The largest absolute Gasteiger partial charge is 0.384 e. The molecule has 1 aromatic carbocycles. The topological polar surface area (TPSA) is 43.8 Å². The van der Waals surface area contributed by atoms with E-state index >= 15 is 0 Å². The van der Waals surface area contributed by atoms with Crippen LogP contribution in [0.15, 0.2) is 18.2 Å². The molecule has 1 saturated heterocycles. The number of hydrogen-bond acceptors (Lipinski definition) is 3. The Morgan fingerprint density at radius 1 is 1.30 bits per heavy atom. The molecule has 0 unspecified atom stereocenters. The van der Waals surface area contributed by atoms with Crippen molar-refractivity contribution in [1.29, 1.82) is 0 Å². The molecule has 1 fully saturated rings. The van der Waals surface area contributed by atoms with E-state index in [1.807, 2.05) is 30.0 Å². The van der Waals surface area contributed by atoms with Crippen LogP contribution in [0.1, 0.15) is 21.5 Å². The summed E-state index contributed by atoms with van der Waals surface area (Å²) in [6, 6.07) is 5.54. The zero-order chi connectivity index (χ0) is 14.5. The molecule has 0 spiro atoms. The average Bonchev–Trinajstić information content (AvgIpc) is 2.46. The summed E-state index contributed by atoms with van der Waals surface area (Å²) in [6.07, 6.45) is 0. The molecule has 1 aromatic rings. The molecule has 4 nitrogen and oxygen atoms in total. The molecule has 20 heavy (non-hydrogen) atoms. The number of nitrogens with zero attached hydrogens (tertiary/aromatic N) is 2. The van der Waals surface area contributed by atoms with Crippen molar-refractivity contribution in [3.05, 3.63) is 34.9 Å². The quantitative estimate of drug-likeness (QED) is 0.766. The highest BCUT2D eigenvalue weighted by atomic mass is 16.2. The number of hydrogen-bond donors (Lipinski definition) is 1. The van der Waals surface area contributed by atoms with E-state index in [4.69, 9.17) is 5.11 Å². The Hall–Kier alpha value is -1.83. The number of likely N-dealkylation sites (N-methyl/N-ethyl adjacent to an activating group) is 1. The van der Waals surface area contributed by atoms with Crippen LogP contribution in [0.5, 0.6) is 0 Å². The molecule has 2 rings (SSSR count). The number of rotatable bonds is 1. The number of piperazine rings is 1. The predicted octanol–water partition coefficient (Wildman–Crippen LogP) is 0.726. The number of aliphatic hydroxyl groups is 1. The number of aliphatic hydroxyl groups excluding tert-OH is 1. The van der Waals surface area contributed by atoms with E-state index in [2.05, 4.69) is 23.8 Å². The van der Waals surface area contributed by atoms with Crippen LogP contribution in [0, 0.1) is 18.8 Å². The summed E-state index contributed by atoms with van der Waals surface area (Å²) in [7, 11) is 2.07. The van der Waals surface area contributed by atoms with E-state index in [9.17, 15) is 4.79 Å². The van der Waals surface area contributed by atoms with Crippen LogP contribution in [0.3, 0.4) is 0 Å². The van der Waals surface area contributed by atoms with Gasteiger partial charge in [-0.05, 0) is 37.7 Å². The zero-order valence-corrected chi connectivity index (χ0v) is 12.0. The number of benzene rings is 1. The Balaban J connectivity index is 2.13. The van der Waals surface area contributed by atoms with Crippen LogP contribution >= 0.6 is 0 Å².